The van der Waals surface area contributed by atoms with Crippen molar-refractivity contribution < 1.29 is 5.11 Å². The molecular weight excluding hydrogens is 144 g/mol. The van der Waals surface area contributed by atoms with E-state index < -0.39 is 0 Å². The van der Waals surface area contributed by atoms with Crippen LogP contribution >= 0.6 is 11.8 Å². The van der Waals surface area contributed by atoms with E-state index in [0.29, 0.717) is 0 Å². The van der Waals surface area contributed by atoms with Crippen molar-refractivity contribution in [3.63, 3.8) is 0 Å². The van der Waals surface area contributed by atoms with Gasteiger partial charge in [0.25, 0.3) is 0 Å². The summed E-state index contributed by atoms with van der Waals surface area (Å²) in [5, 5.41) is 11.1. The van der Waals surface area contributed by atoms with Gasteiger partial charge < -0.3 is 5.11 Å². The molecule has 0 saturated carbocycles. The Morgan fingerprint density at radius 2 is 2.20 bits per heavy atom. The van der Waals surface area contributed by atoms with Crippen molar-refractivity contribution in [3.05, 3.63) is 0 Å². The van der Waals surface area contributed by atoms with Crippen LogP contribution in [0.15, 0.2) is 0 Å². The van der Waals surface area contributed by atoms with Gasteiger partial charge in [-0.2, -0.15) is 0 Å². The Hall–Kier alpha value is -0.130. The Bertz CT molecular complexity index is 112. The lowest BCUT2D eigenvalue weighted by Crippen LogP contribution is -1.76. The average molecular weight is 158 g/mol. The molecule has 58 valence electrons. The van der Waals surface area contributed by atoms with Crippen LogP contribution < -0.4 is 0 Å². The minimum atomic E-state index is -0.0131. The maximum absolute atomic E-state index is 8.28. The zero-order chi connectivity index (χ0) is 7.66. The van der Waals surface area contributed by atoms with E-state index >= 15 is 0 Å². The fourth-order valence-electron chi connectivity index (χ4n) is 0.559. The normalized spacial score (nSPS) is 8.60. The SMILES string of the molecule is CCCCCSC#CCO. The number of rotatable bonds is 4. The molecule has 1 N–H and O–H groups in total. The zero-order valence-corrected chi connectivity index (χ0v) is 7.21. The van der Waals surface area contributed by atoms with Crippen molar-refractivity contribution in [3.8, 4) is 11.2 Å². The van der Waals surface area contributed by atoms with Gasteiger partial charge in [-0.05, 0) is 11.7 Å². The van der Waals surface area contributed by atoms with E-state index in [1.807, 2.05) is 0 Å². The first-order valence-electron chi connectivity index (χ1n) is 3.62. The molecule has 0 aromatic rings. The number of aliphatic hydroxyl groups excluding tert-OH is 1. The summed E-state index contributed by atoms with van der Waals surface area (Å²) in [6, 6.07) is 0. The fraction of sp³-hybridized carbons (Fsp3) is 0.750. The lowest BCUT2D eigenvalue weighted by molar-refractivity contribution is 0.351. The first kappa shape index (κ1) is 9.87. The predicted octanol–water partition coefficient (Wildman–Crippen LogP) is 1.86. The van der Waals surface area contributed by atoms with Crippen molar-refractivity contribution in [1.82, 2.24) is 0 Å². The number of hydrogen-bond donors (Lipinski definition) is 1. The van der Waals surface area contributed by atoms with Crippen molar-refractivity contribution in [2.45, 2.75) is 26.2 Å². The van der Waals surface area contributed by atoms with Gasteiger partial charge in [0.15, 0.2) is 0 Å². The Morgan fingerprint density at radius 3 is 2.80 bits per heavy atom. The van der Waals surface area contributed by atoms with Crippen LogP contribution in [0.25, 0.3) is 0 Å². The molecule has 0 radical (unpaired) electrons. The Balaban J connectivity index is 2.90. The van der Waals surface area contributed by atoms with E-state index in [2.05, 4.69) is 18.1 Å². The summed E-state index contributed by atoms with van der Waals surface area (Å²) < 4.78 is 0. The van der Waals surface area contributed by atoms with Crippen LogP contribution in [-0.4, -0.2) is 17.5 Å². The van der Waals surface area contributed by atoms with Crippen LogP contribution in [0.4, 0.5) is 0 Å². The summed E-state index contributed by atoms with van der Waals surface area (Å²) in [4.78, 5) is 0. The van der Waals surface area contributed by atoms with Gasteiger partial charge >= 0.3 is 0 Å². The number of thioether (sulfide) groups is 1. The van der Waals surface area contributed by atoms with E-state index in [0.717, 1.165) is 5.75 Å². The van der Waals surface area contributed by atoms with Gasteiger partial charge in [-0.3, -0.25) is 0 Å². The predicted molar refractivity (Wildman–Crippen MR) is 46.8 cm³/mol. The molecule has 0 aliphatic carbocycles. The highest BCUT2D eigenvalue weighted by Gasteiger charge is 1.83. The van der Waals surface area contributed by atoms with Gasteiger partial charge in [0, 0.05) is 5.75 Å². The quantitative estimate of drug-likeness (QED) is 0.498. The highest BCUT2D eigenvalue weighted by atomic mass is 32.2. The van der Waals surface area contributed by atoms with Gasteiger partial charge in [0.05, 0.1) is 0 Å². The molecule has 2 heteroatoms. The molecule has 0 fully saturated rings. The lowest BCUT2D eigenvalue weighted by atomic mass is 10.3. The standard InChI is InChI=1S/C8H14OS/c1-2-3-4-7-10-8-5-6-9/h9H,2-4,6-7H2,1H3. The van der Waals surface area contributed by atoms with Crippen LogP contribution in [0, 0.1) is 11.2 Å². The van der Waals surface area contributed by atoms with Crippen LogP contribution in [0.2, 0.25) is 0 Å². The van der Waals surface area contributed by atoms with Gasteiger partial charge in [0.1, 0.15) is 6.61 Å². The summed E-state index contributed by atoms with van der Waals surface area (Å²) in [5.74, 6) is 3.69. The molecule has 0 bridgehead atoms. The maximum Gasteiger partial charge on any atom is 0.105 e. The highest BCUT2D eigenvalue weighted by Crippen LogP contribution is 2.03. The summed E-state index contributed by atoms with van der Waals surface area (Å²) in [5.41, 5.74) is 0. The van der Waals surface area contributed by atoms with Crippen molar-refractivity contribution in [1.29, 1.82) is 0 Å². The summed E-state index contributed by atoms with van der Waals surface area (Å²) in [7, 11) is 0. The molecule has 1 nitrogen and oxygen atoms in total. The fourth-order valence-corrected chi connectivity index (χ4v) is 1.18. The molecule has 0 aromatic heterocycles. The Labute approximate surface area is 67.2 Å². The zero-order valence-electron chi connectivity index (χ0n) is 6.39. The minimum absolute atomic E-state index is 0.0131. The molecule has 0 atom stereocenters. The first-order valence-corrected chi connectivity index (χ1v) is 4.61. The van der Waals surface area contributed by atoms with E-state index in [1.165, 1.54) is 19.3 Å². The second kappa shape index (κ2) is 8.87. The molecule has 0 aliphatic rings. The van der Waals surface area contributed by atoms with E-state index in [4.69, 9.17) is 5.11 Å². The number of aliphatic hydroxyl groups is 1. The van der Waals surface area contributed by atoms with Crippen LogP contribution in [0.3, 0.4) is 0 Å². The molecule has 0 spiro atoms. The minimum Gasteiger partial charge on any atom is -0.384 e. The maximum atomic E-state index is 8.28. The number of unbranched alkanes of at least 4 members (excludes halogenated alkanes) is 2. The monoisotopic (exact) mass is 158 g/mol. The molecule has 0 saturated heterocycles. The van der Waals surface area contributed by atoms with Crippen molar-refractivity contribution in [2.75, 3.05) is 12.4 Å². The molecule has 0 amide bonds. The molecular formula is C8H14OS. The van der Waals surface area contributed by atoms with Gasteiger partial charge in [-0.15, -0.1) is 0 Å². The molecule has 0 heterocycles. The van der Waals surface area contributed by atoms with Crippen LogP contribution in [-0.2, 0) is 0 Å². The molecule has 0 aliphatic heterocycles. The molecule has 0 unspecified atom stereocenters. The molecule has 0 rings (SSSR count). The van der Waals surface area contributed by atoms with Gasteiger partial charge in [-0.25, -0.2) is 0 Å². The van der Waals surface area contributed by atoms with E-state index in [9.17, 15) is 0 Å². The Morgan fingerprint density at radius 1 is 1.40 bits per heavy atom. The lowest BCUT2D eigenvalue weighted by Gasteiger charge is -1.90. The molecule has 0 aromatic carbocycles. The van der Waals surface area contributed by atoms with Gasteiger partial charge in [0.2, 0.25) is 0 Å². The van der Waals surface area contributed by atoms with Crippen molar-refractivity contribution >= 4 is 11.8 Å². The highest BCUT2D eigenvalue weighted by molar-refractivity contribution is 8.03. The molecule has 10 heavy (non-hydrogen) atoms. The first-order chi connectivity index (χ1) is 4.91. The summed E-state index contributed by atoms with van der Waals surface area (Å²) in [6.45, 7) is 2.17. The summed E-state index contributed by atoms with van der Waals surface area (Å²) >= 11 is 1.60. The van der Waals surface area contributed by atoms with E-state index in [1.54, 1.807) is 11.8 Å². The second-order valence-corrected chi connectivity index (χ2v) is 2.89. The largest absolute Gasteiger partial charge is 0.384 e. The third kappa shape index (κ3) is 7.87. The second-order valence-electron chi connectivity index (χ2n) is 1.99. The van der Waals surface area contributed by atoms with Crippen LogP contribution in [0.1, 0.15) is 26.2 Å². The van der Waals surface area contributed by atoms with Crippen LogP contribution in [0.5, 0.6) is 0 Å². The third-order valence-corrected chi connectivity index (χ3v) is 1.85. The smallest absolute Gasteiger partial charge is 0.105 e. The summed E-state index contributed by atoms with van der Waals surface area (Å²) in [6.07, 6.45) is 3.78. The van der Waals surface area contributed by atoms with Crippen molar-refractivity contribution in [2.24, 2.45) is 0 Å². The average Bonchev–Trinajstić information content (AvgIpc) is 1.97. The topological polar surface area (TPSA) is 20.2 Å². The Kier molecular flexibility index (Phi) is 8.75. The van der Waals surface area contributed by atoms with Gasteiger partial charge in [-0.1, -0.05) is 37.4 Å². The third-order valence-electron chi connectivity index (χ3n) is 1.07. The number of hydrogen-bond acceptors (Lipinski definition) is 2. The van der Waals surface area contributed by atoms with E-state index in [-0.39, 0.29) is 6.61 Å².